The first-order valence-electron chi connectivity index (χ1n) is 6.57. The van der Waals surface area contributed by atoms with E-state index in [1.165, 1.54) is 12.8 Å². The minimum atomic E-state index is 0.585. The molecule has 1 N–H and O–H groups in total. The van der Waals surface area contributed by atoms with Gasteiger partial charge in [-0.25, -0.2) is 0 Å². The van der Waals surface area contributed by atoms with Crippen molar-refractivity contribution in [2.45, 2.75) is 32.4 Å². The number of nitrogens with one attached hydrogen (secondary N) is 1. The smallest absolute Gasteiger partial charge is 0.167 e. The molecule has 18 heavy (non-hydrogen) atoms. The summed E-state index contributed by atoms with van der Waals surface area (Å²) in [6, 6.07) is 12.7. The van der Waals surface area contributed by atoms with Crippen LogP contribution in [0.15, 0.2) is 40.9 Å². The molecule has 0 spiro atoms. The summed E-state index contributed by atoms with van der Waals surface area (Å²) in [5.41, 5.74) is 2.05. The first kappa shape index (κ1) is 11.5. The number of hydrogen-bond acceptors (Lipinski definition) is 3. The van der Waals surface area contributed by atoms with Crippen LogP contribution < -0.4 is 5.32 Å². The molecule has 0 aliphatic heterocycles. The van der Waals surface area contributed by atoms with Crippen LogP contribution in [0.3, 0.4) is 0 Å². The lowest BCUT2D eigenvalue weighted by Gasteiger charge is -2.10. The Morgan fingerprint density at radius 3 is 2.83 bits per heavy atom. The SMILES string of the molecule is CC(NCc1cc(-c2ccccc2)on1)C1CC1. The predicted octanol–water partition coefficient (Wildman–Crippen LogP) is 3.23. The van der Waals surface area contributed by atoms with Crippen molar-refractivity contribution in [1.29, 1.82) is 0 Å². The van der Waals surface area contributed by atoms with Crippen molar-refractivity contribution in [3.63, 3.8) is 0 Å². The molecule has 94 valence electrons. The van der Waals surface area contributed by atoms with E-state index in [9.17, 15) is 0 Å². The molecule has 1 atom stereocenters. The summed E-state index contributed by atoms with van der Waals surface area (Å²) in [6.07, 6.45) is 2.73. The molecule has 3 nitrogen and oxygen atoms in total. The van der Waals surface area contributed by atoms with Crippen molar-refractivity contribution in [3.8, 4) is 11.3 Å². The zero-order valence-corrected chi connectivity index (χ0v) is 10.6. The van der Waals surface area contributed by atoms with Crippen molar-refractivity contribution in [1.82, 2.24) is 10.5 Å². The van der Waals surface area contributed by atoms with E-state index in [2.05, 4.69) is 17.4 Å². The summed E-state index contributed by atoms with van der Waals surface area (Å²) in [7, 11) is 0. The molecule has 3 rings (SSSR count). The van der Waals surface area contributed by atoms with E-state index in [0.717, 1.165) is 29.5 Å². The first-order valence-corrected chi connectivity index (χ1v) is 6.57. The van der Waals surface area contributed by atoms with Gasteiger partial charge in [0.2, 0.25) is 0 Å². The highest BCUT2D eigenvalue weighted by atomic mass is 16.5. The van der Waals surface area contributed by atoms with Crippen molar-refractivity contribution in [2.75, 3.05) is 0 Å². The summed E-state index contributed by atoms with van der Waals surface area (Å²) in [5.74, 6) is 1.71. The molecule has 1 aromatic carbocycles. The van der Waals surface area contributed by atoms with Crippen LogP contribution in [0.5, 0.6) is 0 Å². The number of nitrogens with zero attached hydrogens (tertiary/aromatic N) is 1. The molecule has 1 saturated carbocycles. The second-order valence-corrected chi connectivity index (χ2v) is 5.06. The van der Waals surface area contributed by atoms with Gasteiger partial charge in [-0.1, -0.05) is 35.5 Å². The van der Waals surface area contributed by atoms with Gasteiger partial charge >= 0.3 is 0 Å². The molecule has 1 aliphatic rings. The van der Waals surface area contributed by atoms with Gasteiger partial charge in [-0.3, -0.25) is 0 Å². The highest BCUT2D eigenvalue weighted by Gasteiger charge is 2.27. The Kier molecular flexibility index (Phi) is 3.15. The third-order valence-corrected chi connectivity index (χ3v) is 3.55. The maximum absolute atomic E-state index is 5.37. The minimum absolute atomic E-state index is 0.585. The fourth-order valence-electron chi connectivity index (χ4n) is 2.16. The standard InChI is InChI=1S/C15H18N2O/c1-11(12-7-8-12)16-10-14-9-15(18-17-14)13-5-3-2-4-6-13/h2-6,9,11-12,16H,7-8,10H2,1H3. The first-order chi connectivity index (χ1) is 8.83. The molecule has 1 aromatic heterocycles. The zero-order chi connectivity index (χ0) is 12.4. The van der Waals surface area contributed by atoms with Crippen molar-refractivity contribution >= 4 is 0 Å². The summed E-state index contributed by atoms with van der Waals surface area (Å²) in [5, 5.41) is 7.61. The van der Waals surface area contributed by atoms with Crippen LogP contribution >= 0.6 is 0 Å². The van der Waals surface area contributed by atoms with E-state index in [1.807, 2.05) is 36.4 Å². The van der Waals surface area contributed by atoms with Gasteiger partial charge in [0.25, 0.3) is 0 Å². The average Bonchev–Trinajstić information content (AvgIpc) is 3.16. The maximum Gasteiger partial charge on any atom is 0.167 e. The Hall–Kier alpha value is -1.61. The van der Waals surface area contributed by atoms with E-state index < -0.39 is 0 Å². The van der Waals surface area contributed by atoms with Gasteiger partial charge in [-0.2, -0.15) is 0 Å². The van der Waals surface area contributed by atoms with Crippen molar-refractivity contribution in [3.05, 3.63) is 42.1 Å². The minimum Gasteiger partial charge on any atom is -0.356 e. The summed E-state index contributed by atoms with van der Waals surface area (Å²) >= 11 is 0. The monoisotopic (exact) mass is 242 g/mol. The fourth-order valence-corrected chi connectivity index (χ4v) is 2.16. The van der Waals surface area contributed by atoms with Crippen LogP contribution in [0, 0.1) is 5.92 Å². The quantitative estimate of drug-likeness (QED) is 0.874. The normalized spacial score (nSPS) is 16.7. The average molecular weight is 242 g/mol. The van der Waals surface area contributed by atoms with Crippen molar-refractivity contribution in [2.24, 2.45) is 5.92 Å². The molecule has 2 aromatic rings. The maximum atomic E-state index is 5.37. The fraction of sp³-hybridized carbons (Fsp3) is 0.400. The second-order valence-electron chi connectivity index (χ2n) is 5.06. The third-order valence-electron chi connectivity index (χ3n) is 3.55. The molecule has 0 radical (unpaired) electrons. The Morgan fingerprint density at radius 2 is 2.11 bits per heavy atom. The lowest BCUT2D eigenvalue weighted by Crippen LogP contribution is -2.27. The number of rotatable bonds is 5. The van der Waals surface area contributed by atoms with Crippen LogP contribution in [0.25, 0.3) is 11.3 Å². The zero-order valence-electron chi connectivity index (χ0n) is 10.6. The predicted molar refractivity (Wildman–Crippen MR) is 71.0 cm³/mol. The van der Waals surface area contributed by atoms with E-state index >= 15 is 0 Å². The highest BCUT2D eigenvalue weighted by molar-refractivity contribution is 5.56. The molecule has 0 bridgehead atoms. The second kappa shape index (κ2) is 4.94. The van der Waals surface area contributed by atoms with Gasteiger partial charge in [-0.15, -0.1) is 0 Å². The molecule has 3 heteroatoms. The van der Waals surface area contributed by atoms with Gasteiger partial charge < -0.3 is 9.84 Å². The Morgan fingerprint density at radius 1 is 1.33 bits per heavy atom. The molecular weight excluding hydrogens is 224 g/mol. The Labute approximate surface area is 107 Å². The lowest BCUT2D eigenvalue weighted by molar-refractivity contribution is 0.412. The Balaban J connectivity index is 1.62. The van der Waals surface area contributed by atoms with Crippen LogP contribution in [0.4, 0.5) is 0 Å². The van der Waals surface area contributed by atoms with Gasteiger partial charge in [0.1, 0.15) is 0 Å². The van der Waals surface area contributed by atoms with Crippen molar-refractivity contribution < 1.29 is 4.52 Å². The van der Waals surface area contributed by atoms with Gasteiger partial charge in [-0.05, 0) is 25.7 Å². The number of benzene rings is 1. The molecule has 1 fully saturated rings. The van der Waals surface area contributed by atoms with E-state index in [-0.39, 0.29) is 0 Å². The van der Waals surface area contributed by atoms with Gasteiger partial charge in [0, 0.05) is 24.2 Å². The third kappa shape index (κ3) is 2.62. The van der Waals surface area contributed by atoms with E-state index in [4.69, 9.17) is 4.52 Å². The van der Waals surface area contributed by atoms with Crippen LogP contribution in [-0.2, 0) is 6.54 Å². The lowest BCUT2D eigenvalue weighted by atomic mass is 10.1. The molecule has 1 heterocycles. The summed E-state index contributed by atoms with van der Waals surface area (Å²) in [4.78, 5) is 0. The summed E-state index contributed by atoms with van der Waals surface area (Å²) < 4.78 is 5.37. The highest BCUT2D eigenvalue weighted by Crippen LogP contribution is 2.32. The van der Waals surface area contributed by atoms with Crippen LogP contribution in [0.1, 0.15) is 25.5 Å². The topological polar surface area (TPSA) is 38.1 Å². The molecular formula is C15H18N2O. The van der Waals surface area contributed by atoms with E-state index in [1.54, 1.807) is 0 Å². The molecule has 0 saturated heterocycles. The largest absolute Gasteiger partial charge is 0.356 e. The van der Waals surface area contributed by atoms with Crippen LogP contribution in [0.2, 0.25) is 0 Å². The van der Waals surface area contributed by atoms with E-state index in [0.29, 0.717) is 6.04 Å². The molecule has 1 unspecified atom stereocenters. The number of hydrogen-bond donors (Lipinski definition) is 1. The van der Waals surface area contributed by atoms with Crippen LogP contribution in [-0.4, -0.2) is 11.2 Å². The van der Waals surface area contributed by atoms with Gasteiger partial charge in [0.15, 0.2) is 5.76 Å². The van der Waals surface area contributed by atoms with Gasteiger partial charge in [0.05, 0.1) is 5.69 Å². The summed E-state index contributed by atoms with van der Waals surface area (Å²) in [6.45, 7) is 3.03. The number of aromatic nitrogens is 1. The molecule has 1 aliphatic carbocycles. The Bertz CT molecular complexity index is 502. The molecule has 0 amide bonds.